The highest BCUT2D eigenvalue weighted by Crippen LogP contribution is 2.25. The molecule has 0 saturated heterocycles. The van der Waals surface area contributed by atoms with Gasteiger partial charge in [0.1, 0.15) is 0 Å². The van der Waals surface area contributed by atoms with E-state index in [1.807, 2.05) is 31.2 Å². The maximum Gasteiger partial charge on any atom is 0.226 e. The van der Waals surface area contributed by atoms with Crippen molar-refractivity contribution in [1.82, 2.24) is 0 Å². The Morgan fingerprint density at radius 2 is 1.95 bits per heavy atom. The number of benzene rings is 2. The summed E-state index contributed by atoms with van der Waals surface area (Å²) in [6.07, 6.45) is 0.344. The predicted octanol–water partition coefficient (Wildman–Crippen LogP) is 4.74. The second-order valence-corrected chi connectivity index (χ2v) is 5.56. The average molecular weight is 323 g/mol. The van der Waals surface area contributed by atoms with Crippen LogP contribution < -0.4 is 10.6 Å². The Bertz CT molecular complexity index is 644. The molecule has 0 aliphatic rings. The first-order valence-corrected chi connectivity index (χ1v) is 7.35. The number of rotatable bonds is 5. The van der Waals surface area contributed by atoms with Crippen molar-refractivity contribution in [2.75, 3.05) is 17.2 Å². The normalized spacial score (nSPS) is 10.2. The van der Waals surface area contributed by atoms with Gasteiger partial charge in [0.2, 0.25) is 5.91 Å². The zero-order valence-corrected chi connectivity index (χ0v) is 13.1. The van der Waals surface area contributed by atoms with Crippen LogP contribution in [-0.2, 0) is 4.79 Å². The summed E-state index contributed by atoms with van der Waals surface area (Å²) in [6, 6.07) is 12.9. The number of amides is 1. The molecule has 110 valence electrons. The molecule has 5 heteroatoms. The summed E-state index contributed by atoms with van der Waals surface area (Å²) in [5, 5.41) is 7.15. The molecule has 21 heavy (non-hydrogen) atoms. The molecule has 3 nitrogen and oxygen atoms in total. The molecular formula is C16H16Cl2N2O. The molecule has 0 saturated carbocycles. The quantitative estimate of drug-likeness (QED) is 0.834. The molecule has 0 fully saturated rings. The maximum atomic E-state index is 11.9. The molecule has 0 aromatic heterocycles. The van der Waals surface area contributed by atoms with Crippen LogP contribution in [0.1, 0.15) is 12.0 Å². The van der Waals surface area contributed by atoms with Crippen LogP contribution in [0.4, 0.5) is 11.4 Å². The van der Waals surface area contributed by atoms with Crippen molar-refractivity contribution >= 4 is 40.5 Å². The third kappa shape index (κ3) is 4.96. The third-order valence-corrected chi connectivity index (χ3v) is 3.46. The molecule has 2 aromatic rings. The molecule has 2 N–H and O–H groups in total. The molecule has 1 amide bonds. The largest absolute Gasteiger partial charge is 0.383 e. The molecule has 0 radical (unpaired) electrons. The van der Waals surface area contributed by atoms with E-state index in [2.05, 4.69) is 10.6 Å². The molecule has 2 aromatic carbocycles. The number of hydrogen-bond acceptors (Lipinski definition) is 2. The minimum absolute atomic E-state index is 0.0498. The van der Waals surface area contributed by atoms with Crippen molar-refractivity contribution in [2.24, 2.45) is 0 Å². The summed E-state index contributed by atoms with van der Waals surface area (Å²) in [6.45, 7) is 2.47. The van der Waals surface area contributed by atoms with E-state index in [1.54, 1.807) is 18.2 Å². The van der Waals surface area contributed by atoms with Gasteiger partial charge in [-0.3, -0.25) is 4.79 Å². The molecule has 0 unspecified atom stereocenters. The van der Waals surface area contributed by atoms with E-state index in [0.29, 0.717) is 23.0 Å². The first-order chi connectivity index (χ1) is 10.0. The summed E-state index contributed by atoms with van der Waals surface area (Å²) in [5.74, 6) is -0.0498. The van der Waals surface area contributed by atoms with Crippen molar-refractivity contribution in [3.05, 3.63) is 58.1 Å². The predicted molar refractivity (Wildman–Crippen MR) is 89.4 cm³/mol. The molecule has 0 bridgehead atoms. The van der Waals surface area contributed by atoms with Crippen LogP contribution in [-0.4, -0.2) is 12.5 Å². The van der Waals surface area contributed by atoms with Crippen molar-refractivity contribution in [3.63, 3.8) is 0 Å². The number of anilines is 2. The fourth-order valence-electron chi connectivity index (χ4n) is 1.89. The zero-order valence-electron chi connectivity index (χ0n) is 11.6. The Morgan fingerprint density at radius 1 is 1.14 bits per heavy atom. The van der Waals surface area contributed by atoms with Gasteiger partial charge in [-0.05, 0) is 42.8 Å². The molecular weight excluding hydrogens is 307 g/mol. The minimum atomic E-state index is -0.0498. The lowest BCUT2D eigenvalue weighted by atomic mass is 10.2. The number of hydrogen-bond donors (Lipinski definition) is 2. The van der Waals surface area contributed by atoms with Gasteiger partial charge in [-0.2, -0.15) is 0 Å². The topological polar surface area (TPSA) is 41.1 Å². The Balaban J connectivity index is 1.83. The fourth-order valence-corrected chi connectivity index (χ4v) is 2.25. The highest BCUT2D eigenvalue weighted by molar-refractivity contribution is 6.35. The molecule has 0 aliphatic carbocycles. The first kappa shape index (κ1) is 15.7. The average Bonchev–Trinajstić information content (AvgIpc) is 2.42. The number of nitrogens with one attached hydrogen (secondary N) is 2. The van der Waals surface area contributed by atoms with Crippen LogP contribution >= 0.6 is 23.2 Å². The Hall–Kier alpha value is -1.71. The highest BCUT2D eigenvalue weighted by atomic mass is 35.5. The van der Waals surface area contributed by atoms with E-state index in [-0.39, 0.29) is 5.91 Å². The molecule has 0 spiro atoms. The second-order valence-electron chi connectivity index (χ2n) is 4.72. The van der Waals surface area contributed by atoms with Crippen LogP contribution in [0.2, 0.25) is 10.0 Å². The Morgan fingerprint density at radius 3 is 2.71 bits per heavy atom. The lowest BCUT2D eigenvalue weighted by molar-refractivity contribution is -0.115. The van der Waals surface area contributed by atoms with Crippen LogP contribution in [0.5, 0.6) is 0 Å². The van der Waals surface area contributed by atoms with Crippen LogP contribution in [0.15, 0.2) is 42.5 Å². The third-order valence-electron chi connectivity index (χ3n) is 2.90. The fraction of sp³-hybridized carbons (Fsp3) is 0.188. The van der Waals surface area contributed by atoms with Gasteiger partial charge in [-0.15, -0.1) is 0 Å². The van der Waals surface area contributed by atoms with Crippen LogP contribution in [0.3, 0.4) is 0 Å². The van der Waals surface area contributed by atoms with E-state index in [1.165, 1.54) is 0 Å². The minimum Gasteiger partial charge on any atom is -0.383 e. The summed E-state index contributed by atoms with van der Waals surface area (Å²) in [4.78, 5) is 11.9. The van der Waals surface area contributed by atoms with Gasteiger partial charge in [-0.1, -0.05) is 35.3 Å². The zero-order chi connectivity index (χ0) is 15.2. The summed E-state index contributed by atoms with van der Waals surface area (Å²) < 4.78 is 0. The number of carbonyl (C=O) groups is 1. The molecule has 2 rings (SSSR count). The highest BCUT2D eigenvalue weighted by Gasteiger charge is 2.04. The summed E-state index contributed by atoms with van der Waals surface area (Å²) >= 11 is 11.9. The second kappa shape index (κ2) is 7.34. The summed E-state index contributed by atoms with van der Waals surface area (Å²) in [7, 11) is 0. The van der Waals surface area contributed by atoms with Gasteiger partial charge in [0.25, 0.3) is 0 Å². The molecule has 0 heterocycles. The van der Waals surface area contributed by atoms with E-state index in [4.69, 9.17) is 23.2 Å². The van der Waals surface area contributed by atoms with Gasteiger partial charge in [-0.25, -0.2) is 0 Å². The van der Waals surface area contributed by atoms with Gasteiger partial charge >= 0.3 is 0 Å². The van der Waals surface area contributed by atoms with Gasteiger partial charge in [0.05, 0.1) is 10.7 Å². The first-order valence-electron chi connectivity index (χ1n) is 6.60. The van der Waals surface area contributed by atoms with Gasteiger partial charge < -0.3 is 10.6 Å². The molecule has 0 aliphatic heterocycles. The Kier molecular flexibility index (Phi) is 5.48. The van der Waals surface area contributed by atoms with Crippen molar-refractivity contribution < 1.29 is 4.79 Å². The van der Waals surface area contributed by atoms with Gasteiger partial charge in [0.15, 0.2) is 0 Å². The molecule has 0 atom stereocenters. The van der Waals surface area contributed by atoms with E-state index in [9.17, 15) is 4.79 Å². The lowest BCUT2D eigenvalue weighted by Crippen LogP contribution is -2.16. The standard InChI is InChI=1S/C16H16Cl2N2O/c1-11-3-2-4-13(9-11)20-16(21)7-8-19-15-10-12(17)5-6-14(15)18/h2-6,9-10,19H,7-8H2,1H3,(H,20,21). The van der Waals surface area contributed by atoms with Crippen molar-refractivity contribution in [2.45, 2.75) is 13.3 Å². The number of carbonyl (C=O) groups excluding carboxylic acids is 1. The van der Waals surface area contributed by atoms with Crippen LogP contribution in [0, 0.1) is 6.92 Å². The summed E-state index contributed by atoms with van der Waals surface area (Å²) in [5.41, 5.74) is 2.64. The smallest absolute Gasteiger partial charge is 0.226 e. The number of halogens is 2. The van der Waals surface area contributed by atoms with Crippen LogP contribution in [0.25, 0.3) is 0 Å². The number of aryl methyl sites for hydroxylation is 1. The maximum absolute atomic E-state index is 11.9. The van der Waals surface area contributed by atoms with Crippen molar-refractivity contribution in [3.8, 4) is 0 Å². The van der Waals surface area contributed by atoms with Gasteiger partial charge in [0, 0.05) is 23.7 Å². The van der Waals surface area contributed by atoms with E-state index in [0.717, 1.165) is 16.9 Å². The van der Waals surface area contributed by atoms with E-state index < -0.39 is 0 Å². The SMILES string of the molecule is Cc1cccc(NC(=O)CCNc2cc(Cl)ccc2Cl)c1. The Labute approximate surface area is 134 Å². The van der Waals surface area contributed by atoms with E-state index >= 15 is 0 Å². The lowest BCUT2D eigenvalue weighted by Gasteiger charge is -2.09. The van der Waals surface area contributed by atoms with Crippen molar-refractivity contribution in [1.29, 1.82) is 0 Å². The monoisotopic (exact) mass is 322 g/mol.